The summed E-state index contributed by atoms with van der Waals surface area (Å²) in [5, 5.41) is 4.03. The number of rotatable bonds is 2. The molecule has 0 aromatic carbocycles. The van der Waals surface area contributed by atoms with Crippen LogP contribution in [0.5, 0.6) is 0 Å². The van der Waals surface area contributed by atoms with E-state index < -0.39 is 0 Å². The average Bonchev–Trinajstić information content (AvgIpc) is 2.97. The Labute approximate surface area is 122 Å². The van der Waals surface area contributed by atoms with Crippen molar-refractivity contribution in [1.29, 1.82) is 0 Å². The second-order valence-corrected chi connectivity index (χ2v) is 6.57. The van der Waals surface area contributed by atoms with Gasteiger partial charge in [-0.25, -0.2) is 0 Å². The molecule has 2 aromatic rings. The number of anilines is 1. The summed E-state index contributed by atoms with van der Waals surface area (Å²) in [6.45, 7) is 3.90. The quantitative estimate of drug-likeness (QED) is 0.892. The Morgan fingerprint density at radius 3 is 2.80 bits per heavy atom. The van der Waals surface area contributed by atoms with Gasteiger partial charge < -0.3 is 11.1 Å². The number of nitrogen functional groups attached to an aromatic ring is 1. The van der Waals surface area contributed by atoms with E-state index in [4.69, 9.17) is 5.73 Å². The van der Waals surface area contributed by atoms with Crippen LogP contribution in [-0.2, 0) is 0 Å². The summed E-state index contributed by atoms with van der Waals surface area (Å²) in [4.78, 5) is 17.4. The zero-order valence-electron chi connectivity index (χ0n) is 11.8. The molecule has 5 heteroatoms. The van der Waals surface area contributed by atoms with E-state index in [1.54, 1.807) is 0 Å². The Morgan fingerprint density at radius 1 is 1.40 bits per heavy atom. The van der Waals surface area contributed by atoms with Gasteiger partial charge in [-0.2, -0.15) is 0 Å². The minimum absolute atomic E-state index is 0.0346. The Bertz CT molecular complexity index is 671. The topological polar surface area (TPSA) is 68.0 Å². The molecule has 0 radical (unpaired) electrons. The van der Waals surface area contributed by atoms with E-state index in [2.05, 4.69) is 10.3 Å². The second kappa shape index (κ2) is 5.05. The maximum absolute atomic E-state index is 12.4. The van der Waals surface area contributed by atoms with Crippen molar-refractivity contribution in [3.63, 3.8) is 0 Å². The van der Waals surface area contributed by atoms with E-state index in [-0.39, 0.29) is 5.91 Å². The number of nitrogens with zero attached hydrogens (tertiary/aromatic N) is 1. The van der Waals surface area contributed by atoms with Crippen LogP contribution in [0.15, 0.2) is 6.07 Å². The molecule has 1 aliphatic rings. The molecule has 2 heterocycles. The van der Waals surface area contributed by atoms with Crippen LogP contribution in [0.25, 0.3) is 10.1 Å². The number of carbonyl (C=O) groups is 1. The highest BCUT2D eigenvalue weighted by Gasteiger charge is 2.22. The number of hydrogen-bond acceptors (Lipinski definition) is 4. The van der Waals surface area contributed by atoms with Gasteiger partial charge in [-0.1, -0.05) is 12.8 Å². The highest BCUT2D eigenvalue weighted by atomic mass is 32.1. The number of nitrogens with two attached hydrogens (primary N) is 1. The van der Waals surface area contributed by atoms with Gasteiger partial charge in [0.2, 0.25) is 0 Å². The fourth-order valence-corrected chi connectivity index (χ4v) is 4.14. The maximum atomic E-state index is 12.4. The van der Waals surface area contributed by atoms with Crippen LogP contribution in [0.2, 0.25) is 0 Å². The summed E-state index contributed by atoms with van der Waals surface area (Å²) in [5.74, 6) is -0.0346. The van der Waals surface area contributed by atoms with E-state index >= 15 is 0 Å². The summed E-state index contributed by atoms with van der Waals surface area (Å²) >= 11 is 1.47. The number of amides is 1. The molecular formula is C15H19N3OS. The lowest BCUT2D eigenvalue weighted by atomic mass is 10.2. The fourth-order valence-electron chi connectivity index (χ4n) is 2.97. The first-order valence-electron chi connectivity index (χ1n) is 7.03. The van der Waals surface area contributed by atoms with Crippen molar-refractivity contribution in [3.8, 4) is 0 Å². The summed E-state index contributed by atoms with van der Waals surface area (Å²) in [5.41, 5.74) is 8.60. The molecule has 1 fully saturated rings. The number of carbonyl (C=O) groups excluding carboxylic acids is 1. The first kappa shape index (κ1) is 13.4. The molecule has 3 rings (SSSR count). The molecule has 4 nitrogen and oxygen atoms in total. The van der Waals surface area contributed by atoms with Gasteiger partial charge in [-0.05, 0) is 32.8 Å². The monoisotopic (exact) mass is 289 g/mol. The number of aromatic nitrogens is 1. The third-order valence-electron chi connectivity index (χ3n) is 3.91. The number of thiophene rings is 1. The average molecular weight is 289 g/mol. The van der Waals surface area contributed by atoms with Crippen molar-refractivity contribution in [2.75, 3.05) is 5.73 Å². The van der Waals surface area contributed by atoms with Gasteiger partial charge in [-0.15, -0.1) is 11.3 Å². The van der Waals surface area contributed by atoms with Gasteiger partial charge >= 0.3 is 0 Å². The van der Waals surface area contributed by atoms with Crippen molar-refractivity contribution in [1.82, 2.24) is 10.3 Å². The highest BCUT2D eigenvalue weighted by Crippen LogP contribution is 2.35. The van der Waals surface area contributed by atoms with E-state index in [0.717, 1.165) is 34.3 Å². The van der Waals surface area contributed by atoms with Gasteiger partial charge in [0.1, 0.15) is 4.88 Å². The summed E-state index contributed by atoms with van der Waals surface area (Å²) in [7, 11) is 0. The molecular weight excluding hydrogens is 270 g/mol. The molecule has 0 bridgehead atoms. The lowest BCUT2D eigenvalue weighted by Gasteiger charge is -2.11. The van der Waals surface area contributed by atoms with E-state index in [9.17, 15) is 4.79 Å². The lowest BCUT2D eigenvalue weighted by molar-refractivity contribution is 0.0943. The molecule has 2 aromatic heterocycles. The number of fused-ring (bicyclic) bond motifs is 1. The maximum Gasteiger partial charge on any atom is 0.263 e. The predicted molar refractivity (Wildman–Crippen MR) is 83.2 cm³/mol. The Balaban J connectivity index is 1.97. The van der Waals surface area contributed by atoms with Gasteiger partial charge in [0.05, 0.1) is 5.69 Å². The molecule has 0 spiro atoms. The van der Waals surface area contributed by atoms with Crippen molar-refractivity contribution in [2.24, 2.45) is 0 Å². The zero-order valence-corrected chi connectivity index (χ0v) is 12.6. The first-order valence-corrected chi connectivity index (χ1v) is 7.85. The number of aryl methyl sites for hydroxylation is 2. The van der Waals surface area contributed by atoms with E-state index in [1.165, 1.54) is 24.2 Å². The van der Waals surface area contributed by atoms with Crippen molar-refractivity contribution >= 4 is 33.0 Å². The molecule has 1 aliphatic carbocycles. The third-order valence-corrected chi connectivity index (χ3v) is 5.07. The van der Waals surface area contributed by atoms with Crippen molar-refractivity contribution in [3.05, 3.63) is 22.3 Å². The summed E-state index contributed by atoms with van der Waals surface area (Å²) < 4.78 is 1.05. The van der Waals surface area contributed by atoms with Crippen molar-refractivity contribution < 1.29 is 4.79 Å². The Hall–Kier alpha value is -1.62. The highest BCUT2D eigenvalue weighted by molar-refractivity contribution is 7.21. The van der Waals surface area contributed by atoms with Crippen LogP contribution in [0.1, 0.15) is 46.7 Å². The normalized spacial score (nSPS) is 15.9. The fraction of sp³-hybridized carbons (Fsp3) is 0.467. The standard InChI is InChI=1S/C15H19N3OS/c1-8-7-11-12(9(2)17-8)13(16)14(20-11)15(19)18-10-5-3-4-6-10/h7,10H,3-6,16H2,1-2H3,(H,18,19). The van der Waals surface area contributed by atoms with Crippen LogP contribution >= 0.6 is 11.3 Å². The Morgan fingerprint density at radius 2 is 2.10 bits per heavy atom. The molecule has 0 saturated heterocycles. The molecule has 0 aliphatic heterocycles. The second-order valence-electron chi connectivity index (χ2n) is 5.52. The third kappa shape index (κ3) is 2.26. The molecule has 20 heavy (non-hydrogen) atoms. The van der Waals surface area contributed by atoms with Crippen LogP contribution in [0.4, 0.5) is 5.69 Å². The molecule has 1 saturated carbocycles. The summed E-state index contributed by atoms with van der Waals surface area (Å²) in [6.07, 6.45) is 4.57. The van der Waals surface area contributed by atoms with Gasteiger partial charge in [0.25, 0.3) is 5.91 Å². The molecule has 0 atom stereocenters. The van der Waals surface area contributed by atoms with E-state index in [0.29, 0.717) is 16.6 Å². The lowest BCUT2D eigenvalue weighted by Crippen LogP contribution is -2.32. The minimum atomic E-state index is -0.0346. The molecule has 106 valence electrons. The van der Waals surface area contributed by atoms with Crippen LogP contribution in [0, 0.1) is 13.8 Å². The van der Waals surface area contributed by atoms with Crippen molar-refractivity contribution in [2.45, 2.75) is 45.6 Å². The SMILES string of the molecule is Cc1cc2sc(C(=O)NC3CCCC3)c(N)c2c(C)n1. The predicted octanol–water partition coefficient (Wildman–Crippen LogP) is 3.17. The zero-order chi connectivity index (χ0) is 14.3. The van der Waals surface area contributed by atoms with E-state index in [1.807, 2.05) is 19.9 Å². The number of nitrogens with one attached hydrogen (secondary N) is 1. The molecule has 0 unspecified atom stereocenters. The van der Waals surface area contributed by atoms with Gasteiger partial charge in [0.15, 0.2) is 0 Å². The molecule has 1 amide bonds. The van der Waals surface area contributed by atoms with Gasteiger partial charge in [-0.3, -0.25) is 9.78 Å². The minimum Gasteiger partial charge on any atom is -0.397 e. The largest absolute Gasteiger partial charge is 0.397 e. The smallest absolute Gasteiger partial charge is 0.263 e. The number of pyridine rings is 1. The van der Waals surface area contributed by atoms with Crippen LogP contribution < -0.4 is 11.1 Å². The summed E-state index contributed by atoms with van der Waals surface area (Å²) in [6, 6.07) is 2.31. The number of hydrogen-bond donors (Lipinski definition) is 2. The molecule has 3 N–H and O–H groups in total. The van der Waals surface area contributed by atoms with Crippen LogP contribution in [-0.4, -0.2) is 16.9 Å². The van der Waals surface area contributed by atoms with Gasteiger partial charge in [0, 0.05) is 27.5 Å². The Kier molecular flexibility index (Phi) is 3.38. The first-order chi connectivity index (χ1) is 9.56. The van der Waals surface area contributed by atoms with Crippen LogP contribution in [0.3, 0.4) is 0 Å².